The third-order valence-electron chi connectivity index (χ3n) is 3.74. The summed E-state index contributed by atoms with van der Waals surface area (Å²) < 4.78 is 10.3. The summed E-state index contributed by atoms with van der Waals surface area (Å²) >= 11 is 0. The van der Waals surface area contributed by atoms with Gasteiger partial charge in [0.25, 0.3) is 0 Å². The van der Waals surface area contributed by atoms with Gasteiger partial charge in [0.15, 0.2) is 0 Å². The minimum absolute atomic E-state index is 0.427. The van der Waals surface area contributed by atoms with Gasteiger partial charge in [0.05, 0.1) is 19.3 Å². The lowest BCUT2D eigenvalue weighted by Gasteiger charge is -2.27. The van der Waals surface area contributed by atoms with Crippen molar-refractivity contribution in [2.45, 2.75) is 31.3 Å². The topological polar surface area (TPSA) is 38.7 Å². The van der Waals surface area contributed by atoms with E-state index in [-0.39, 0.29) is 0 Å². The van der Waals surface area contributed by atoms with Crippen LogP contribution >= 0.6 is 0 Å². The van der Waals surface area contributed by atoms with Crippen LogP contribution in [0.1, 0.15) is 24.8 Å². The molecule has 0 heterocycles. The maximum Gasteiger partial charge on any atom is 0.118 e. The van der Waals surface area contributed by atoms with Crippen molar-refractivity contribution in [2.24, 2.45) is 5.92 Å². The fraction of sp³-hybridized carbons (Fsp3) is 0.600. The van der Waals surface area contributed by atoms with E-state index in [0.29, 0.717) is 12.5 Å². The minimum Gasteiger partial charge on any atom is -0.497 e. The molecule has 1 saturated carbocycles. The van der Waals surface area contributed by atoms with Crippen molar-refractivity contribution in [1.29, 1.82) is 0 Å². The van der Waals surface area contributed by atoms with E-state index in [1.807, 2.05) is 12.1 Å². The van der Waals surface area contributed by atoms with E-state index in [9.17, 15) is 5.11 Å². The van der Waals surface area contributed by atoms with Crippen LogP contribution in [0.25, 0.3) is 0 Å². The van der Waals surface area contributed by atoms with Gasteiger partial charge in [-0.15, -0.1) is 0 Å². The predicted molar refractivity (Wildman–Crippen MR) is 70.9 cm³/mol. The van der Waals surface area contributed by atoms with Crippen LogP contribution in [0.5, 0.6) is 5.75 Å². The maximum absolute atomic E-state index is 10.6. The second kappa shape index (κ2) is 5.72. The van der Waals surface area contributed by atoms with Crippen molar-refractivity contribution >= 4 is 0 Å². The zero-order valence-corrected chi connectivity index (χ0v) is 11.2. The normalized spacial score (nSPS) is 18.4. The molecule has 1 N–H and O–H groups in total. The fourth-order valence-electron chi connectivity index (χ4n) is 2.42. The maximum atomic E-state index is 10.6. The lowest BCUT2D eigenvalue weighted by molar-refractivity contribution is -0.0535. The van der Waals surface area contributed by atoms with Crippen LogP contribution in [0.4, 0.5) is 0 Å². The van der Waals surface area contributed by atoms with Gasteiger partial charge in [-0.3, -0.25) is 0 Å². The Labute approximate surface area is 109 Å². The first-order chi connectivity index (χ1) is 8.68. The molecule has 100 valence electrons. The van der Waals surface area contributed by atoms with Crippen LogP contribution < -0.4 is 4.74 Å². The van der Waals surface area contributed by atoms with E-state index >= 15 is 0 Å². The Morgan fingerprint density at radius 3 is 2.39 bits per heavy atom. The molecular weight excluding hydrogens is 228 g/mol. The van der Waals surface area contributed by atoms with Gasteiger partial charge in [-0.2, -0.15) is 0 Å². The number of benzene rings is 1. The zero-order valence-electron chi connectivity index (χ0n) is 11.2. The molecule has 3 nitrogen and oxygen atoms in total. The second-order valence-electron chi connectivity index (χ2n) is 5.16. The first-order valence-electron chi connectivity index (χ1n) is 6.52. The Morgan fingerprint density at radius 2 is 1.89 bits per heavy atom. The first-order valence-corrected chi connectivity index (χ1v) is 6.52. The summed E-state index contributed by atoms with van der Waals surface area (Å²) in [7, 11) is 3.32. The van der Waals surface area contributed by atoms with Crippen LogP contribution in [0.15, 0.2) is 24.3 Å². The smallest absolute Gasteiger partial charge is 0.118 e. The summed E-state index contributed by atoms with van der Waals surface area (Å²) in [6, 6.07) is 8.03. The van der Waals surface area contributed by atoms with E-state index in [0.717, 1.165) is 31.4 Å². The van der Waals surface area contributed by atoms with Gasteiger partial charge in [-0.05, 0) is 49.3 Å². The Bertz CT molecular complexity index is 370. The lowest BCUT2D eigenvalue weighted by Crippen LogP contribution is -2.37. The number of hydrogen-bond donors (Lipinski definition) is 1. The second-order valence-corrected chi connectivity index (χ2v) is 5.16. The summed E-state index contributed by atoms with van der Waals surface area (Å²) in [4.78, 5) is 0. The van der Waals surface area contributed by atoms with Crippen molar-refractivity contribution in [2.75, 3.05) is 20.8 Å². The van der Waals surface area contributed by atoms with E-state index in [2.05, 4.69) is 12.1 Å². The monoisotopic (exact) mass is 250 g/mol. The van der Waals surface area contributed by atoms with Gasteiger partial charge >= 0.3 is 0 Å². The molecule has 0 bridgehead atoms. The summed E-state index contributed by atoms with van der Waals surface area (Å²) in [5, 5.41) is 10.6. The Hall–Kier alpha value is -1.06. The minimum atomic E-state index is -0.644. The molecule has 18 heavy (non-hydrogen) atoms. The summed E-state index contributed by atoms with van der Waals surface area (Å²) in [6.07, 6.45) is 3.89. The molecule has 0 radical (unpaired) electrons. The van der Waals surface area contributed by atoms with E-state index in [1.165, 1.54) is 5.56 Å². The third kappa shape index (κ3) is 3.24. The van der Waals surface area contributed by atoms with Crippen molar-refractivity contribution in [3.8, 4) is 5.75 Å². The molecule has 1 fully saturated rings. The molecule has 0 aliphatic heterocycles. The van der Waals surface area contributed by atoms with Crippen molar-refractivity contribution < 1.29 is 14.6 Å². The Morgan fingerprint density at radius 1 is 1.22 bits per heavy atom. The van der Waals surface area contributed by atoms with Crippen LogP contribution in [-0.2, 0) is 11.2 Å². The van der Waals surface area contributed by atoms with Crippen LogP contribution in [-0.4, -0.2) is 31.5 Å². The molecule has 1 aliphatic rings. The highest BCUT2D eigenvalue weighted by atomic mass is 16.5. The highest BCUT2D eigenvalue weighted by molar-refractivity contribution is 5.27. The molecule has 1 aromatic carbocycles. The van der Waals surface area contributed by atoms with Crippen molar-refractivity contribution in [1.82, 2.24) is 0 Å². The van der Waals surface area contributed by atoms with Crippen molar-refractivity contribution in [3.05, 3.63) is 29.8 Å². The summed E-state index contributed by atoms with van der Waals surface area (Å²) in [5.74, 6) is 1.30. The van der Waals surface area contributed by atoms with Gasteiger partial charge in [0.2, 0.25) is 0 Å². The number of aliphatic hydroxyl groups is 1. The molecule has 1 aromatic rings. The number of rotatable bonds is 7. The van der Waals surface area contributed by atoms with Crippen LogP contribution in [0.3, 0.4) is 0 Å². The van der Waals surface area contributed by atoms with Crippen LogP contribution in [0, 0.1) is 5.92 Å². The number of methoxy groups -OCH3 is 2. The first kappa shape index (κ1) is 13.4. The fourth-order valence-corrected chi connectivity index (χ4v) is 2.42. The van der Waals surface area contributed by atoms with Gasteiger partial charge in [-0.1, -0.05) is 12.1 Å². The molecule has 1 aliphatic carbocycles. The van der Waals surface area contributed by atoms with Gasteiger partial charge in [-0.25, -0.2) is 0 Å². The van der Waals surface area contributed by atoms with Gasteiger partial charge in [0, 0.05) is 7.11 Å². The Kier molecular flexibility index (Phi) is 4.25. The molecule has 0 amide bonds. The van der Waals surface area contributed by atoms with E-state index < -0.39 is 5.60 Å². The summed E-state index contributed by atoms with van der Waals surface area (Å²) in [5.41, 5.74) is 0.584. The standard InChI is InChI=1S/C15H22O3/c1-17-11-15(16,13-5-6-13)10-9-12-3-7-14(18-2)8-4-12/h3-4,7-8,13,16H,5-6,9-11H2,1-2H3. The highest BCUT2D eigenvalue weighted by Gasteiger charge is 2.43. The molecule has 0 saturated heterocycles. The van der Waals surface area contributed by atoms with Crippen LogP contribution in [0.2, 0.25) is 0 Å². The third-order valence-corrected chi connectivity index (χ3v) is 3.74. The zero-order chi connectivity index (χ0) is 13.0. The lowest BCUT2D eigenvalue weighted by atomic mass is 9.91. The molecule has 0 aromatic heterocycles. The number of hydrogen-bond acceptors (Lipinski definition) is 3. The Balaban J connectivity index is 1.92. The van der Waals surface area contributed by atoms with Crippen molar-refractivity contribution in [3.63, 3.8) is 0 Å². The molecular formula is C15H22O3. The molecule has 0 spiro atoms. The van der Waals surface area contributed by atoms with Gasteiger partial charge in [0.1, 0.15) is 5.75 Å². The molecule has 3 heteroatoms. The number of aryl methyl sites for hydroxylation is 1. The quantitative estimate of drug-likeness (QED) is 0.807. The van der Waals surface area contributed by atoms with E-state index in [4.69, 9.17) is 9.47 Å². The molecule has 1 unspecified atom stereocenters. The summed E-state index contributed by atoms with van der Waals surface area (Å²) in [6.45, 7) is 0.438. The SMILES string of the molecule is COCC(O)(CCc1ccc(OC)cc1)C1CC1. The van der Waals surface area contributed by atoms with E-state index in [1.54, 1.807) is 14.2 Å². The highest BCUT2D eigenvalue weighted by Crippen LogP contribution is 2.42. The average molecular weight is 250 g/mol. The largest absolute Gasteiger partial charge is 0.497 e. The predicted octanol–water partition coefficient (Wildman–Crippen LogP) is 2.42. The van der Waals surface area contributed by atoms with Gasteiger partial charge < -0.3 is 14.6 Å². The average Bonchev–Trinajstić information content (AvgIpc) is 3.22. The molecule has 2 rings (SSSR count). The molecule has 1 atom stereocenters. The number of ether oxygens (including phenoxy) is 2.